The van der Waals surface area contributed by atoms with E-state index in [-0.39, 0.29) is 11.7 Å². The first-order valence-corrected chi connectivity index (χ1v) is 7.28. The number of carbonyl (C=O) groups is 1. The summed E-state index contributed by atoms with van der Waals surface area (Å²) >= 11 is 0. The summed E-state index contributed by atoms with van der Waals surface area (Å²) in [6, 6.07) is 6.37. The van der Waals surface area contributed by atoms with Crippen molar-refractivity contribution in [2.75, 3.05) is 13.1 Å². The first-order valence-electron chi connectivity index (χ1n) is 7.28. The topological polar surface area (TPSA) is 66.6 Å². The Kier molecular flexibility index (Phi) is 4.20. The third-order valence-electron chi connectivity index (χ3n) is 3.91. The van der Waals surface area contributed by atoms with Crippen molar-refractivity contribution in [1.82, 2.24) is 9.88 Å². The summed E-state index contributed by atoms with van der Waals surface area (Å²) < 4.78 is 19.3. The molecule has 0 bridgehead atoms. The van der Waals surface area contributed by atoms with E-state index in [0.29, 0.717) is 36.7 Å². The molecule has 1 saturated heterocycles. The molecule has 3 rings (SSSR count). The van der Waals surface area contributed by atoms with Crippen LogP contribution in [0.2, 0.25) is 0 Å². The zero-order valence-electron chi connectivity index (χ0n) is 12.0. The van der Waals surface area contributed by atoms with Crippen LogP contribution in [0.1, 0.15) is 18.7 Å². The van der Waals surface area contributed by atoms with Crippen LogP contribution in [0, 0.1) is 11.7 Å². The minimum Gasteiger partial charge on any atom is -0.481 e. The molecule has 2 heterocycles. The van der Waals surface area contributed by atoms with Crippen LogP contribution < -0.4 is 0 Å². The number of carboxylic acids is 1. The fraction of sp³-hybridized carbons (Fsp3) is 0.375. The van der Waals surface area contributed by atoms with E-state index in [1.807, 2.05) is 4.90 Å². The second-order valence-electron chi connectivity index (χ2n) is 5.51. The van der Waals surface area contributed by atoms with E-state index in [0.717, 1.165) is 13.0 Å². The Morgan fingerprint density at radius 1 is 1.45 bits per heavy atom. The van der Waals surface area contributed by atoms with E-state index in [2.05, 4.69) is 4.98 Å². The van der Waals surface area contributed by atoms with Gasteiger partial charge in [0.2, 0.25) is 5.89 Å². The predicted octanol–water partition coefficient (Wildman–Crippen LogP) is 2.78. The first kappa shape index (κ1) is 14.7. The Morgan fingerprint density at radius 2 is 2.27 bits per heavy atom. The summed E-state index contributed by atoms with van der Waals surface area (Å²) in [7, 11) is 0. The minimum atomic E-state index is -0.760. The number of carboxylic acid groups (broad SMARTS) is 1. The number of hydrogen-bond acceptors (Lipinski definition) is 4. The molecule has 1 aromatic carbocycles. The normalized spacial score (nSPS) is 19.2. The number of aliphatic carboxylic acids is 1. The van der Waals surface area contributed by atoms with Crippen LogP contribution in [0.25, 0.3) is 11.3 Å². The maximum Gasteiger partial charge on any atom is 0.307 e. The van der Waals surface area contributed by atoms with Gasteiger partial charge in [-0.15, -0.1) is 0 Å². The van der Waals surface area contributed by atoms with Crippen LogP contribution in [0.4, 0.5) is 4.39 Å². The smallest absolute Gasteiger partial charge is 0.307 e. The number of rotatable bonds is 4. The molecule has 0 spiro atoms. The number of likely N-dealkylation sites (tertiary alicyclic amines) is 1. The summed E-state index contributed by atoms with van der Waals surface area (Å²) in [6.07, 6.45) is 3.06. The molecule has 2 aromatic rings. The monoisotopic (exact) mass is 304 g/mol. The quantitative estimate of drug-likeness (QED) is 0.941. The fourth-order valence-electron chi connectivity index (χ4n) is 2.76. The highest BCUT2D eigenvalue weighted by molar-refractivity contribution is 5.70. The van der Waals surface area contributed by atoms with Crippen molar-refractivity contribution in [2.24, 2.45) is 5.92 Å². The van der Waals surface area contributed by atoms with E-state index in [4.69, 9.17) is 9.52 Å². The van der Waals surface area contributed by atoms with Crippen molar-refractivity contribution in [2.45, 2.75) is 19.4 Å². The number of nitrogens with zero attached hydrogens (tertiary/aromatic N) is 2. The number of benzene rings is 1. The van der Waals surface area contributed by atoms with Crippen molar-refractivity contribution >= 4 is 5.97 Å². The number of hydrogen-bond donors (Lipinski definition) is 1. The number of oxazole rings is 1. The molecule has 1 aliphatic rings. The second kappa shape index (κ2) is 6.27. The molecule has 1 aromatic heterocycles. The van der Waals surface area contributed by atoms with Crippen molar-refractivity contribution in [3.63, 3.8) is 0 Å². The predicted molar refractivity (Wildman–Crippen MR) is 77.5 cm³/mol. The lowest BCUT2D eigenvalue weighted by Gasteiger charge is -2.29. The van der Waals surface area contributed by atoms with E-state index in [9.17, 15) is 9.18 Å². The lowest BCUT2D eigenvalue weighted by molar-refractivity contribution is -0.143. The van der Waals surface area contributed by atoms with E-state index in [1.165, 1.54) is 12.3 Å². The molecule has 22 heavy (non-hydrogen) atoms. The lowest BCUT2D eigenvalue weighted by atomic mass is 9.98. The standard InChI is InChI=1S/C16H17FN2O3/c17-13-6-2-1-5-12(13)14-8-18-15(22-14)10-19-7-3-4-11(9-19)16(20)21/h1-2,5-6,8,11H,3-4,7,9-10H2,(H,20,21). The fourth-order valence-corrected chi connectivity index (χ4v) is 2.76. The molecular formula is C16H17FN2O3. The van der Waals surface area contributed by atoms with E-state index >= 15 is 0 Å². The Hall–Kier alpha value is -2.21. The van der Waals surface area contributed by atoms with Gasteiger partial charge >= 0.3 is 5.97 Å². The van der Waals surface area contributed by atoms with Gasteiger partial charge in [-0.25, -0.2) is 9.37 Å². The lowest BCUT2D eigenvalue weighted by Crippen LogP contribution is -2.38. The van der Waals surface area contributed by atoms with Crippen LogP contribution in [0.5, 0.6) is 0 Å². The maximum atomic E-state index is 13.7. The van der Waals surface area contributed by atoms with Gasteiger partial charge < -0.3 is 9.52 Å². The summed E-state index contributed by atoms with van der Waals surface area (Å²) in [5, 5.41) is 9.10. The summed E-state index contributed by atoms with van der Waals surface area (Å²) in [5.41, 5.74) is 0.378. The van der Waals surface area contributed by atoms with Crippen molar-refractivity contribution in [3.8, 4) is 11.3 Å². The molecule has 0 amide bonds. The van der Waals surface area contributed by atoms with Crippen molar-refractivity contribution in [1.29, 1.82) is 0 Å². The molecule has 0 saturated carbocycles. The molecule has 0 radical (unpaired) electrons. The zero-order valence-corrected chi connectivity index (χ0v) is 12.0. The van der Waals surface area contributed by atoms with Gasteiger partial charge in [0.15, 0.2) is 5.76 Å². The molecule has 5 nitrogen and oxygen atoms in total. The van der Waals surface area contributed by atoms with Gasteiger partial charge in [0.25, 0.3) is 0 Å². The average Bonchev–Trinajstić information content (AvgIpc) is 2.96. The van der Waals surface area contributed by atoms with Crippen LogP contribution in [-0.2, 0) is 11.3 Å². The number of halogens is 1. The molecule has 0 aliphatic carbocycles. The number of aromatic nitrogens is 1. The zero-order chi connectivity index (χ0) is 15.5. The van der Waals surface area contributed by atoms with E-state index < -0.39 is 5.97 Å². The SMILES string of the molecule is O=C(O)C1CCCN(Cc2ncc(-c3ccccc3F)o2)C1. The third-order valence-corrected chi connectivity index (χ3v) is 3.91. The highest BCUT2D eigenvalue weighted by Gasteiger charge is 2.26. The molecule has 1 fully saturated rings. The molecule has 1 unspecified atom stereocenters. The summed E-state index contributed by atoms with van der Waals surface area (Å²) in [4.78, 5) is 17.3. The van der Waals surface area contributed by atoms with Crippen LogP contribution >= 0.6 is 0 Å². The van der Waals surface area contributed by atoms with Gasteiger partial charge in [0.1, 0.15) is 5.82 Å². The summed E-state index contributed by atoms with van der Waals surface area (Å²) in [6.45, 7) is 1.76. The Bertz CT molecular complexity index is 671. The highest BCUT2D eigenvalue weighted by atomic mass is 19.1. The van der Waals surface area contributed by atoms with Gasteiger partial charge in [-0.1, -0.05) is 12.1 Å². The van der Waals surface area contributed by atoms with Crippen molar-refractivity contribution in [3.05, 3.63) is 42.2 Å². The molecular weight excluding hydrogens is 287 g/mol. The van der Waals surface area contributed by atoms with Gasteiger partial charge in [-0.3, -0.25) is 9.69 Å². The highest BCUT2D eigenvalue weighted by Crippen LogP contribution is 2.24. The molecule has 116 valence electrons. The second-order valence-corrected chi connectivity index (χ2v) is 5.51. The molecule has 1 atom stereocenters. The molecule has 6 heteroatoms. The first-order chi connectivity index (χ1) is 10.6. The van der Waals surface area contributed by atoms with Crippen LogP contribution in [-0.4, -0.2) is 34.0 Å². The van der Waals surface area contributed by atoms with Crippen LogP contribution in [0.3, 0.4) is 0 Å². The Balaban J connectivity index is 1.70. The third kappa shape index (κ3) is 3.17. The molecule has 1 aliphatic heterocycles. The Morgan fingerprint density at radius 3 is 3.05 bits per heavy atom. The van der Waals surface area contributed by atoms with Crippen LogP contribution in [0.15, 0.2) is 34.9 Å². The number of piperidine rings is 1. The van der Waals surface area contributed by atoms with Gasteiger partial charge in [-0.05, 0) is 31.5 Å². The van der Waals surface area contributed by atoms with Crippen molar-refractivity contribution < 1.29 is 18.7 Å². The average molecular weight is 304 g/mol. The molecule has 1 N–H and O–H groups in total. The Labute approximate surface area is 127 Å². The largest absolute Gasteiger partial charge is 0.481 e. The van der Waals surface area contributed by atoms with Gasteiger partial charge in [-0.2, -0.15) is 0 Å². The summed E-state index contributed by atoms with van der Waals surface area (Å²) in [5.74, 6) is -0.586. The maximum absolute atomic E-state index is 13.7. The minimum absolute atomic E-state index is 0.338. The van der Waals surface area contributed by atoms with Gasteiger partial charge in [0, 0.05) is 6.54 Å². The van der Waals surface area contributed by atoms with E-state index in [1.54, 1.807) is 18.2 Å². The van der Waals surface area contributed by atoms with Gasteiger partial charge in [0.05, 0.1) is 24.2 Å².